The summed E-state index contributed by atoms with van der Waals surface area (Å²) < 4.78 is 9.63. The van der Waals surface area contributed by atoms with Crippen LogP contribution in [0, 0.1) is 0 Å². The van der Waals surface area contributed by atoms with Crippen LogP contribution in [0.25, 0.3) is 0 Å². The fraction of sp³-hybridized carbons (Fsp3) is 0.353. The number of hydrogen-bond acceptors (Lipinski definition) is 5. The van der Waals surface area contributed by atoms with Gasteiger partial charge in [-0.05, 0) is 37.3 Å². The molecule has 2 rings (SSSR count). The van der Waals surface area contributed by atoms with Crippen molar-refractivity contribution in [3.63, 3.8) is 0 Å². The lowest BCUT2D eigenvalue weighted by atomic mass is 10.1. The summed E-state index contributed by atoms with van der Waals surface area (Å²) in [4.78, 5) is 38.6. The zero-order chi connectivity index (χ0) is 17.5. The normalized spacial score (nSPS) is 14.0. The Balaban J connectivity index is 1.92. The number of carbonyl (C=O) groups is 3. The van der Waals surface area contributed by atoms with Crippen molar-refractivity contribution in [3.05, 3.63) is 42.5 Å². The van der Waals surface area contributed by atoms with Crippen molar-refractivity contribution in [3.8, 4) is 5.75 Å². The van der Waals surface area contributed by atoms with E-state index in [0.29, 0.717) is 37.5 Å². The molecule has 128 valence electrons. The maximum atomic E-state index is 12.5. The third kappa shape index (κ3) is 4.34. The molecule has 0 bridgehead atoms. The highest BCUT2D eigenvalue weighted by Gasteiger charge is 2.23. The lowest BCUT2D eigenvalue weighted by Gasteiger charge is -2.34. The topological polar surface area (TPSA) is 76.2 Å². The number of nitrogens with zero attached hydrogens (tertiary/aromatic N) is 2. The molecule has 0 unspecified atom stereocenters. The van der Waals surface area contributed by atoms with Gasteiger partial charge < -0.3 is 19.3 Å². The van der Waals surface area contributed by atoms with Crippen molar-refractivity contribution < 1.29 is 23.9 Å². The van der Waals surface area contributed by atoms with Gasteiger partial charge in [0.15, 0.2) is 0 Å². The molecule has 0 spiro atoms. The first kappa shape index (κ1) is 17.5. The molecule has 1 aliphatic heterocycles. The van der Waals surface area contributed by atoms with E-state index in [-0.39, 0.29) is 18.4 Å². The van der Waals surface area contributed by atoms with Crippen LogP contribution in [0.2, 0.25) is 0 Å². The standard InChI is InChI=1S/C17H20N2O5/c1-3-15(20)18-9-11-19(12-10-18)16(21)13-5-7-14(8-6-13)24-17(22)23-4-2/h3,5-8H,1,4,9-12H2,2H3. The molecule has 1 aromatic rings. The summed E-state index contributed by atoms with van der Waals surface area (Å²) in [5.74, 6) is 0.0670. The predicted molar refractivity (Wildman–Crippen MR) is 86.8 cm³/mol. The first-order valence-electron chi connectivity index (χ1n) is 7.70. The summed E-state index contributed by atoms with van der Waals surface area (Å²) in [7, 11) is 0. The van der Waals surface area contributed by atoms with Crippen LogP contribution in [-0.2, 0) is 9.53 Å². The maximum Gasteiger partial charge on any atom is 0.513 e. The van der Waals surface area contributed by atoms with Gasteiger partial charge in [0, 0.05) is 31.7 Å². The third-order valence-corrected chi connectivity index (χ3v) is 3.62. The number of carbonyl (C=O) groups excluding carboxylic acids is 3. The molecule has 1 fully saturated rings. The van der Waals surface area contributed by atoms with Crippen LogP contribution >= 0.6 is 0 Å². The van der Waals surface area contributed by atoms with Crippen LogP contribution in [0.1, 0.15) is 17.3 Å². The van der Waals surface area contributed by atoms with E-state index in [4.69, 9.17) is 4.74 Å². The highest BCUT2D eigenvalue weighted by molar-refractivity contribution is 5.94. The van der Waals surface area contributed by atoms with Gasteiger partial charge in [0.2, 0.25) is 5.91 Å². The molecule has 0 aliphatic carbocycles. The van der Waals surface area contributed by atoms with Gasteiger partial charge in [-0.3, -0.25) is 9.59 Å². The lowest BCUT2D eigenvalue weighted by Crippen LogP contribution is -2.50. The van der Waals surface area contributed by atoms with Crippen molar-refractivity contribution in [2.45, 2.75) is 6.92 Å². The Morgan fingerprint density at radius 3 is 2.21 bits per heavy atom. The second-order valence-electron chi connectivity index (χ2n) is 5.13. The molecule has 1 saturated heterocycles. The molecule has 7 heteroatoms. The van der Waals surface area contributed by atoms with Gasteiger partial charge in [0.1, 0.15) is 5.75 Å². The molecule has 2 amide bonds. The first-order chi connectivity index (χ1) is 11.5. The average Bonchev–Trinajstić information content (AvgIpc) is 2.61. The molecule has 0 N–H and O–H groups in total. The van der Waals surface area contributed by atoms with Gasteiger partial charge in [-0.2, -0.15) is 0 Å². The summed E-state index contributed by atoms with van der Waals surface area (Å²) in [6.07, 6.45) is 0.499. The van der Waals surface area contributed by atoms with E-state index in [1.807, 2.05) is 0 Å². The third-order valence-electron chi connectivity index (χ3n) is 3.62. The zero-order valence-corrected chi connectivity index (χ0v) is 13.6. The monoisotopic (exact) mass is 332 g/mol. The van der Waals surface area contributed by atoms with Gasteiger partial charge in [0.05, 0.1) is 6.61 Å². The Bertz CT molecular complexity index is 618. The van der Waals surface area contributed by atoms with E-state index in [2.05, 4.69) is 11.3 Å². The SMILES string of the molecule is C=CC(=O)N1CCN(C(=O)c2ccc(OC(=O)OCC)cc2)CC1. The molecule has 0 aromatic heterocycles. The zero-order valence-electron chi connectivity index (χ0n) is 13.6. The number of ether oxygens (including phenoxy) is 2. The molecule has 0 atom stereocenters. The maximum absolute atomic E-state index is 12.5. The number of piperazine rings is 1. The van der Waals surface area contributed by atoms with Crippen molar-refractivity contribution in [1.82, 2.24) is 9.80 Å². The number of rotatable bonds is 4. The average molecular weight is 332 g/mol. The fourth-order valence-corrected chi connectivity index (χ4v) is 2.35. The summed E-state index contributed by atoms with van der Waals surface area (Å²) >= 11 is 0. The Hall–Kier alpha value is -2.83. The smallest absolute Gasteiger partial charge is 0.434 e. The minimum Gasteiger partial charge on any atom is -0.434 e. The summed E-state index contributed by atoms with van der Waals surface area (Å²) in [5.41, 5.74) is 0.495. The summed E-state index contributed by atoms with van der Waals surface area (Å²) in [5, 5.41) is 0. The van der Waals surface area contributed by atoms with Gasteiger partial charge in [-0.1, -0.05) is 6.58 Å². The largest absolute Gasteiger partial charge is 0.513 e. The number of hydrogen-bond donors (Lipinski definition) is 0. The minimum absolute atomic E-state index is 0.122. The van der Waals surface area contributed by atoms with Gasteiger partial charge >= 0.3 is 6.16 Å². The molecule has 1 heterocycles. The van der Waals surface area contributed by atoms with Crippen LogP contribution in [0.4, 0.5) is 4.79 Å². The van der Waals surface area contributed by atoms with Crippen molar-refractivity contribution >= 4 is 18.0 Å². The van der Waals surface area contributed by atoms with Gasteiger partial charge in [-0.25, -0.2) is 4.79 Å². The highest BCUT2D eigenvalue weighted by Crippen LogP contribution is 2.15. The van der Waals surface area contributed by atoms with E-state index < -0.39 is 6.16 Å². The lowest BCUT2D eigenvalue weighted by molar-refractivity contribution is -0.127. The molecule has 0 saturated carbocycles. The van der Waals surface area contributed by atoms with Crippen LogP contribution in [0.5, 0.6) is 5.75 Å². The van der Waals surface area contributed by atoms with Crippen LogP contribution < -0.4 is 4.74 Å². The second-order valence-corrected chi connectivity index (χ2v) is 5.13. The summed E-state index contributed by atoms with van der Waals surface area (Å²) in [6.45, 7) is 7.30. The Kier molecular flexibility index (Phi) is 5.95. The van der Waals surface area contributed by atoms with E-state index in [0.717, 1.165) is 0 Å². The molecule has 0 radical (unpaired) electrons. The van der Waals surface area contributed by atoms with E-state index >= 15 is 0 Å². The van der Waals surface area contributed by atoms with Crippen LogP contribution in [0.15, 0.2) is 36.9 Å². The molecule has 7 nitrogen and oxygen atoms in total. The van der Waals surface area contributed by atoms with Crippen LogP contribution in [-0.4, -0.2) is 60.6 Å². The molecular weight excluding hydrogens is 312 g/mol. The molecule has 1 aromatic carbocycles. The number of amides is 2. The predicted octanol–water partition coefficient (Wildman–Crippen LogP) is 1.69. The highest BCUT2D eigenvalue weighted by atomic mass is 16.7. The molecule has 1 aliphatic rings. The fourth-order valence-electron chi connectivity index (χ4n) is 2.35. The van der Waals surface area contributed by atoms with Gasteiger partial charge in [-0.15, -0.1) is 0 Å². The Morgan fingerprint density at radius 1 is 1.08 bits per heavy atom. The molecular formula is C17H20N2O5. The summed E-state index contributed by atoms with van der Waals surface area (Å²) in [6, 6.07) is 6.28. The quantitative estimate of drug-likeness (QED) is 0.476. The second kappa shape index (κ2) is 8.14. The first-order valence-corrected chi connectivity index (χ1v) is 7.70. The minimum atomic E-state index is -0.778. The number of benzene rings is 1. The van der Waals surface area contributed by atoms with E-state index in [9.17, 15) is 14.4 Å². The Morgan fingerprint density at radius 2 is 1.67 bits per heavy atom. The van der Waals surface area contributed by atoms with Crippen molar-refractivity contribution in [2.75, 3.05) is 32.8 Å². The van der Waals surface area contributed by atoms with Crippen molar-refractivity contribution in [2.24, 2.45) is 0 Å². The van der Waals surface area contributed by atoms with Gasteiger partial charge in [0.25, 0.3) is 5.91 Å². The molecule has 24 heavy (non-hydrogen) atoms. The van der Waals surface area contributed by atoms with Crippen LogP contribution in [0.3, 0.4) is 0 Å². The van der Waals surface area contributed by atoms with E-state index in [1.165, 1.54) is 6.08 Å². The van der Waals surface area contributed by atoms with Crippen molar-refractivity contribution in [1.29, 1.82) is 0 Å². The Labute approximate surface area is 140 Å². The van der Waals surface area contributed by atoms with E-state index in [1.54, 1.807) is 41.0 Å².